The first-order valence-corrected chi connectivity index (χ1v) is 6.29. The highest BCUT2D eigenvalue weighted by molar-refractivity contribution is 7.25. The average molecular weight is 244 g/mol. The fourth-order valence-corrected chi connectivity index (χ4v) is 3.14. The van der Waals surface area contributed by atoms with Gasteiger partial charge in [0.1, 0.15) is 0 Å². The van der Waals surface area contributed by atoms with Crippen molar-refractivity contribution >= 4 is 31.5 Å². The molecule has 0 aliphatic heterocycles. The molecule has 2 N–H and O–H groups in total. The average Bonchev–Trinajstić information content (AvgIpc) is 2.75. The van der Waals surface area contributed by atoms with Gasteiger partial charge in [-0.05, 0) is 35.4 Å². The number of benzene rings is 2. The molecule has 0 radical (unpaired) electrons. The summed E-state index contributed by atoms with van der Waals surface area (Å²) in [6.07, 6.45) is 0. The van der Waals surface area contributed by atoms with Crippen molar-refractivity contribution in [1.82, 2.24) is 0 Å². The Bertz CT molecular complexity index is 627. The molecular formula is C14H12O2S. The van der Waals surface area contributed by atoms with E-state index < -0.39 is 0 Å². The second-order valence-corrected chi connectivity index (χ2v) is 5.16. The van der Waals surface area contributed by atoms with Crippen LogP contribution in [0.4, 0.5) is 0 Å². The van der Waals surface area contributed by atoms with E-state index in [-0.39, 0.29) is 13.2 Å². The summed E-state index contributed by atoms with van der Waals surface area (Å²) < 4.78 is 2.43. The minimum absolute atomic E-state index is 0.0625. The van der Waals surface area contributed by atoms with Gasteiger partial charge in [-0.2, -0.15) is 0 Å². The molecule has 3 rings (SSSR count). The highest BCUT2D eigenvalue weighted by Crippen LogP contribution is 2.34. The minimum Gasteiger partial charge on any atom is -0.392 e. The molecule has 2 nitrogen and oxygen atoms in total. The first kappa shape index (κ1) is 10.7. The van der Waals surface area contributed by atoms with Crippen molar-refractivity contribution in [2.75, 3.05) is 0 Å². The standard InChI is InChI=1S/C14H12O2S/c15-7-9-1-3-13-11(5-9)12-6-10(8-16)2-4-14(12)17-13/h1-6,15-16H,7-8H2. The highest BCUT2D eigenvalue weighted by atomic mass is 32.1. The number of aliphatic hydroxyl groups excluding tert-OH is 2. The summed E-state index contributed by atoms with van der Waals surface area (Å²) in [6.45, 7) is 0.125. The quantitative estimate of drug-likeness (QED) is 0.727. The Morgan fingerprint density at radius 3 is 1.65 bits per heavy atom. The van der Waals surface area contributed by atoms with Crippen LogP contribution in [0.25, 0.3) is 20.2 Å². The van der Waals surface area contributed by atoms with E-state index in [0.717, 1.165) is 21.9 Å². The smallest absolute Gasteiger partial charge is 0.0682 e. The lowest BCUT2D eigenvalue weighted by Crippen LogP contribution is -1.82. The first-order valence-electron chi connectivity index (χ1n) is 5.47. The topological polar surface area (TPSA) is 40.5 Å². The normalized spacial score (nSPS) is 11.4. The summed E-state index contributed by atoms with van der Waals surface area (Å²) in [4.78, 5) is 0. The molecule has 86 valence electrons. The fourth-order valence-electron chi connectivity index (χ4n) is 2.07. The molecule has 0 aliphatic rings. The number of hydrogen-bond donors (Lipinski definition) is 2. The van der Waals surface area contributed by atoms with Gasteiger partial charge in [-0.25, -0.2) is 0 Å². The molecule has 0 atom stereocenters. The molecule has 0 spiro atoms. The largest absolute Gasteiger partial charge is 0.392 e. The van der Waals surface area contributed by atoms with Crippen LogP contribution >= 0.6 is 11.3 Å². The maximum absolute atomic E-state index is 9.17. The zero-order valence-corrected chi connectivity index (χ0v) is 10.00. The van der Waals surface area contributed by atoms with Crippen LogP contribution in [-0.4, -0.2) is 10.2 Å². The van der Waals surface area contributed by atoms with Crippen LogP contribution in [0.3, 0.4) is 0 Å². The predicted molar refractivity (Wildman–Crippen MR) is 71.2 cm³/mol. The second kappa shape index (κ2) is 4.11. The summed E-state index contributed by atoms with van der Waals surface area (Å²) in [5.41, 5.74) is 1.85. The van der Waals surface area contributed by atoms with Crippen molar-refractivity contribution < 1.29 is 10.2 Å². The van der Waals surface area contributed by atoms with Crippen LogP contribution < -0.4 is 0 Å². The summed E-state index contributed by atoms with van der Waals surface area (Å²) in [5, 5.41) is 20.7. The van der Waals surface area contributed by atoms with Gasteiger partial charge in [0.25, 0.3) is 0 Å². The Kier molecular flexibility index (Phi) is 2.59. The molecule has 0 saturated heterocycles. The Morgan fingerprint density at radius 1 is 0.765 bits per heavy atom. The molecule has 1 aromatic heterocycles. The van der Waals surface area contributed by atoms with Crippen molar-refractivity contribution in [3.8, 4) is 0 Å². The zero-order chi connectivity index (χ0) is 11.8. The molecule has 3 aromatic rings. The lowest BCUT2D eigenvalue weighted by atomic mass is 10.1. The van der Waals surface area contributed by atoms with Gasteiger partial charge >= 0.3 is 0 Å². The number of fused-ring (bicyclic) bond motifs is 3. The van der Waals surface area contributed by atoms with Gasteiger partial charge in [-0.3, -0.25) is 0 Å². The van der Waals surface area contributed by atoms with Crippen molar-refractivity contribution in [2.24, 2.45) is 0 Å². The summed E-state index contributed by atoms with van der Waals surface area (Å²) in [5.74, 6) is 0. The molecule has 1 heterocycles. The maximum Gasteiger partial charge on any atom is 0.0682 e. The number of thiophene rings is 1. The number of aliphatic hydroxyl groups is 2. The Labute approximate surface area is 103 Å². The fraction of sp³-hybridized carbons (Fsp3) is 0.143. The summed E-state index contributed by atoms with van der Waals surface area (Å²) >= 11 is 1.74. The van der Waals surface area contributed by atoms with Crippen LogP contribution in [0, 0.1) is 0 Å². The van der Waals surface area contributed by atoms with Crippen LogP contribution in [0.2, 0.25) is 0 Å². The first-order chi connectivity index (χ1) is 8.31. The van der Waals surface area contributed by atoms with Gasteiger partial charge < -0.3 is 10.2 Å². The second-order valence-electron chi connectivity index (χ2n) is 4.08. The van der Waals surface area contributed by atoms with E-state index in [0.29, 0.717) is 0 Å². The Hall–Kier alpha value is -1.42. The van der Waals surface area contributed by atoms with Crippen molar-refractivity contribution in [2.45, 2.75) is 13.2 Å². The molecule has 2 aromatic carbocycles. The summed E-state index contributed by atoms with van der Waals surface area (Å²) in [7, 11) is 0. The molecule has 17 heavy (non-hydrogen) atoms. The molecule has 0 aliphatic carbocycles. The molecule has 0 unspecified atom stereocenters. The van der Waals surface area contributed by atoms with Crippen molar-refractivity contribution in [1.29, 1.82) is 0 Å². The van der Waals surface area contributed by atoms with E-state index in [4.69, 9.17) is 0 Å². The highest BCUT2D eigenvalue weighted by Gasteiger charge is 2.06. The minimum atomic E-state index is 0.0625. The third kappa shape index (κ3) is 1.72. The van der Waals surface area contributed by atoms with Gasteiger partial charge in [-0.15, -0.1) is 11.3 Å². The molecule has 0 fully saturated rings. The van der Waals surface area contributed by atoms with Gasteiger partial charge in [0.05, 0.1) is 13.2 Å². The molecule has 0 saturated carbocycles. The van der Waals surface area contributed by atoms with Gasteiger partial charge in [0.2, 0.25) is 0 Å². The van der Waals surface area contributed by atoms with Crippen LogP contribution in [0.1, 0.15) is 11.1 Å². The third-order valence-electron chi connectivity index (χ3n) is 2.96. The lowest BCUT2D eigenvalue weighted by Gasteiger charge is -1.98. The van der Waals surface area contributed by atoms with E-state index in [2.05, 4.69) is 0 Å². The van der Waals surface area contributed by atoms with E-state index in [1.54, 1.807) is 11.3 Å². The number of hydrogen-bond acceptors (Lipinski definition) is 3. The number of rotatable bonds is 2. The van der Waals surface area contributed by atoms with E-state index >= 15 is 0 Å². The molecule has 0 bridgehead atoms. The van der Waals surface area contributed by atoms with E-state index in [1.807, 2.05) is 36.4 Å². The van der Waals surface area contributed by atoms with Crippen molar-refractivity contribution in [3.63, 3.8) is 0 Å². The van der Waals surface area contributed by atoms with Crippen molar-refractivity contribution in [3.05, 3.63) is 47.5 Å². The third-order valence-corrected chi connectivity index (χ3v) is 4.12. The monoisotopic (exact) mass is 244 g/mol. The van der Waals surface area contributed by atoms with Crippen LogP contribution in [-0.2, 0) is 13.2 Å². The van der Waals surface area contributed by atoms with Gasteiger partial charge in [0, 0.05) is 20.2 Å². The Balaban J connectivity index is 2.37. The lowest BCUT2D eigenvalue weighted by molar-refractivity contribution is 0.281. The van der Waals surface area contributed by atoms with E-state index in [9.17, 15) is 10.2 Å². The molecule has 0 amide bonds. The summed E-state index contributed by atoms with van der Waals surface area (Å²) in [6, 6.07) is 12.0. The Morgan fingerprint density at radius 2 is 1.24 bits per heavy atom. The van der Waals surface area contributed by atoms with Gasteiger partial charge in [-0.1, -0.05) is 12.1 Å². The van der Waals surface area contributed by atoms with Crippen LogP contribution in [0.15, 0.2) is 36.4 Å². The van der Waals surface area contributed by atoms with Crippen LogP contribution in [0.5, 0.6) is 0 Å². The zero-order valence-electron chi connectivity index (χ0n) is 9.18. The van der Waals surface area contributed by atoms with E-state index in [1.165, 1.54) is 9.40 Å². The molecule has 3 heteroatoms. The van der Waals surface area contributed by atoms with Gasteiger partial charge in [0.15, 0.2) is 0 Å². The SMILES string of the molecule is OCc1ccc2sc3ccc(CO)cc3c2c1. The molecular weight excluding hydrogens is 232 g/mol. The predicted octanol–water partition coefficient (Wildman–Crippen LogP) is 3.04. The maximum atomic E-state index is 9.17.